The first-order chi connectivity index (χ1) is 15.3. The molecule has 1 saturated carbocycles. The van der Waals surface area contributed by atoms with Crippen molar-refractivity contribution in [3.63, 3.8) is 0 Å². The Bertz CT molecular complexity index is 951. The lowest BCUT2D eigenvalue weighted by molar-refractivity contribution is -0.138. The van der Waals surface area contributed by atoms with Crippen LogP contribution in [0.2, 0.25) is 15.1 Å². The molecule has 0 aromatic heterocycles. The molecule has 1 unspecified atom stereocenters. The average molecular weight is 514 g/mol. The van der Waals surface area contributed by atoms with Crippen molar-refractivity contribution in [3.05, 3.63) is 68.7 Å². The van der Waals surface area contributed by atoms with Crippen LogP contribution >= 0.6 is 46.6 Å². The molecule has 0 spiro atoms. The van der Waals surface area contributed by atoms with Gasteiger partial charge in [-0.1, -0.05) is 71.9 Å². The van der Waals surface area contributed by atoms with Gasteiger partial charge in [-0.3, -0.25) is 9.59 Å². The van der Waals surface area contributed by atoms with Crippen LogP contribution in [0.3, 0.4) is 0 Å². The summed E-state index contributed by atoms with van der Waals surface area (Å²) in [5.74, 6) is 0.562. The highest BCUT2D eigenvalue weighted by Gasteiger charge is 2.28. The molecule has 8 heteroatoms. The van der Waals surface area contributed by atoms with Crippen molar-refractivity contribution in [2.45, 2.75) is 57.0 Å². The Kier molecular flexibility index (Phi) is 9.60. The average Bonchev–Trinajstić information content (AvgIpc) is 3.27. The number of thioether (sulfide) groups is 1. The lowest BCUT2D eigenvalue weighted by Gasteiger charge is -2.30. The molecule has 0 saturated heterocycles. The second kappa shape index (κ2) is 12.2. The number of hydrogen-bond acceptors (Lipinski definition) is 3. The lowest BCUT2D eigenvalue weighted by Crippen LogP contribution is -2.50. The van der Waals surface area contributed by atoms with Crippen LogP contribution in [-0.4, -0.2) is 34.6 Å². The van der Waals surface area contributed by atoms with Gasteiger partial charge in [0, 0.05) is 33.4 Å². The first-order valence-electron chi connectivity index (χ1n) is 10.7. The molecule has 172 valence electrons. The molecule has 1 aliphatic carbocycles. The minimum Gasteiger partial charge on any atom is -0.352 e. The number of nitrogens with one attached hydrogen (secondary N) is 1. The van der Waals surface area contributed by atoms with E-state index in [0.29, 0.717) is 20.8 Å². The van der Waals surface area contributed by atoms with Gasteiger partial charge in [0.05, 0.1) is 5.75 Å². The molecule has 0 heterocycles. The van der Waals surface area contributed by atoms with Crippen molar-refractivity contribution >= 4 is 58.4 Å². The van der Waals surface area contributed by atoms with E-state index >= 15 is 0 Å². The summed E-state index contributed by atoms with van der Waals surface area (Å²) >= 11 is 20.0. The predicted molar refractivity (Wildman–Crippen MR) is 134 cm³/mol. The van der Waals surface area contributed by atoms with E-state index in [-0.39, 0.29) is 30.2 Å². The second-order valence-corrected chi connectivity index (χ2v) is 10.2. The number of halogens is 3. The van der Waals surface area contributed by atoms with Gasteiger partial charge in [-0.25, -0.2) is 0 Å². The third-order valence-corrected chi connectivity index (χ3v) is 7.59. The molecule has 1 atom stereocenters. The highest BCUT2D eigenvalue weighted by Crippen LogP contribution is 2.26. The Morgan fingerprint density at radius 1 is 1.06 bits per heavy atom. The summed E-state index contributed by atoms with van der Waals surface area (Å²) in [4.78, 5) is 27.7. The quantitative estimate of drug-likeness (QED) is 0.425. The van der Waals surface area contributed by atoms with Gasteiger partial charge < -0.3 is 10.2 Å². The standard InChI is InChI=1S/C24H27Cl3N2O2S/c1-16(24(31)28-20-7-3-4-8-20)29(13-17-6-2-5-9-21(17)26)23(30)15-32-14-18-10-11-19(25)12-22(18)27/h2,5-6,9-12,16,20H,3-4,7-8,13-15H2,1H3,(H,28,31). The van der Waals surface area contributed by atoms with Crippen LogP contribution in [0.15, 0.2) is 42.5 Å². The molecule has 1 fully saturated rings. The summed E-state index contributed by atoms with van der Waals surface area (Å²) in [6.45, 7) is 2.06. The fourth-order valence-electron chi connectivity index (χ4n) is 3.75. The van der Waals surface area contributed by atoms with Crippen molar-refractivity contribution in [1.29, 1.82) is 0 Å². The van der Waals surface area contributed by atoms with Gasteiger partial charge in [-0.2, -0.15) is 0 Å². The van der Waals surface area contributed by atoms with E-state index in [1.807, 2.05) is 24.3 Å². The van der Waals surface area contributed by atoms with Crippen LogP contribution in [0.4, 0.5) is 0 Å². The topological polar surface area (TPSA) is 49.4 Å². The normalized spacial score (nSPS) is 14.9. The summed E-state index contributed by atoms with van der Waals surface area (Å²) in [5, 5.41) is 4.84. The Morgan fingerprint density at radius 2 is 1.78 bits per heavy atom. The predicted octanol–water partition coefficient (Wildman–Crippen LogP) is 6.36. The van der Waals surface area contributed by atoms with E-state index in [9.17, 15) is 9.59 Å². The molecule has 2 aromatic rings. The number of carbonyl (C=O) groups is 2. The molecular formula is C24H27Cl3N2O2S. The van der Waals surface area contributed by atoms with Gasteiger partial charge in [0.15, 0.2) is 0 Å². The maximum Gasteiger partial charge on any atom is 0.242 e. The highest BCUT2D eigenvalue weighted by molar-refractivity contribution is 7.99. The molecule has 0 aliphatic heterocycles. The smallest absolute Gasteiger partial charge is 0.242 e. The van der Waals surface area contributed by atoms with Gasteiger partial charge >= 0.3 is 0 Å². The Hall–Kier alpha value is -1.40. The van der Waals surface area contributed by atoms with E-state index in [1.54, 1.807) is 30.0 Å². The minimum atomic E-state index is -0.598. The molecule has 1 aliphatic rings. The van der Waals surface area contributed by atoms with Gasteiger partial charge in [-0.05, 0) is 49.1 Å². The summed E-state index contributed by atoms with van der Waals surface area (Å²) in [6.07, 6.45) is 4.25. The number of benzene rings is 2. The highest BCUT2D eigenvalue weighted by atomic mass is 35.5. The van der Waals surface area contributed by atoms with Crippen LogP contribution in [0.1, 0.15) is 43.7 Å². The number of amides is 2. The number of hydrogen-bond donors (Lipinski definition) is 1. The Labute approximate surface area is 209 Å². The van der Waals surface area contributed by atoms with E-state index < -0.39 is 6.04 Å². The molecule has 0 bridgehead atoms. The zero-order chi connectivity index (χ0) is 23.1. The van der Waals surface area contributed by atoms with Crippen molar-refractivity contribution < 1.29 is 9.59 Å². The lowest BCUT2D eigenvalue weighted by atomic mass is 10.1. The zero-order valence-corrected chi connectivity index (χ0v) is 21.0. The Morgan fingerprint density at radius 3 is 2.47 bits per heavy atom. The second-order valence-electron chi connectivity index (χ2n) is 8.01. The summed E-state index contributed by atoms with van der Waals surface area (Å²) in [6, 6.07) is 12.3. The van der Waals surface area contributed by atoms with E-state index in [1.165, 1.54) is 11.8 Å². The zero-order valence-electron chi connectivity index (χ0n) is 18.0. The van der Waals surface area contributed by atoms with Gasteiger partial charge in [0.2, 0.25) is 11.8 Å². The van der Waals surface area contributed by atoms with Crippen LogP contribution in [0.25, 0.3) is 0 Å². The number of rotatable bonds is 9. The minimum absolute atomic E-state index is 0.117. The van der Waals surface area contributed by atoms with Crippen LogP contribution < -0.4 is 5.32 Å². The summed E-state index contributed by atoms with van der Waals surface area (Å²) < 4.78 is 0. The van der Waals surface area contributed by atoms with Crippen LogP contribution in [-0.2, 0) is 21.9 Å². The van der Waals surface area contributed by atoms with Crippen molar-refractivity contribution in [2.75, 3.05) is 5.75 Å². The molecule has 2 aromatic carbocycles. The summed E-state index contributed by atoms with van der Waals surface area (Å²) in [7, 11) is 0. The first kappa shape index (κ1) is 25.2. The molecule has 2 amide bonds. The first-order valence-corrected chi connectivity index (χ1v) is 13.0. The number of carbonyl (C=O) groups excluding carboxylic acids is 2. The van der Waals surface area contributed by atoms with E-state index in [4.69, 9.17) is 34.8 Å². The largest absolute Gasteiger partial charge is 0.352 e. The molecule has 1 N–H and O–H groups in total. The third kappa shape index (κ3) is 7.05. The molecule has 32 heavy (non-hydrogen) atoms. The molecule has 0 radical (unpaired) electrons. The van der Waals surface area contributed by atoms with Gasteiger partial charge in [0.25, 0.3) is 0 Å². The van der Waals surface area contributed by atoms with E-state index in [2.05, 4.69) is 5.32 Å². The van der Waals surface area contributed by atoms with Crippen LogP contribution in [0.5, 0.6) is 0 Å². The molecular weight excluding hydrogens is 487 g/mol. The maximum atomic E-state index is 13.2. The van der Waals surface area contributed by atoms with E-state index in [0.717, 1.165) is 36.8 Å². The number of nitrogens with zero attached hydrogens (tertiary/aromatic N) is 1. The maximum absolute atomic E-state index is 13.2. The van der Waals surface area contributed by atoms with Crippen molar-refractivity contribution in [2.24, 2.45) is 0 Å². The van der Waals surface area contributed by atoms with Gasteiger partial charge in [-0.15, -0.1) is 11.8 Å². The Balaban J connectivity index is 1.67. The fourth-order valence-corrected chi connectivity index (χ4v) is 5.42. The third-order valence-electron chi connectivity index (χ3n) is 5.67. The monoisotopic (exact) mass is 512 g/mol. The molecule has 4 nitrogen and oxygen atoms in total. The SMILES string of the molecule is CC(C(=O)NC1CCCC1)N(Cc1ccccc1Cl)C(=O)CSCc1ccc(Cl)cc1Cl. The molecule has 3 rings (SSSR count). The van der Waals surface area contributed by atoms with Crippen molar-refractivity contribution in [1.82, 2.24) is 10.2 Å². The fraction of sp³-hybridized carbons (Fsp3) is 0.417. The summed E-state index contributed by atoms with van der Waals surface area (Å²) in [5.41, 5.74) is 1.73. The van der Waals surface area contributed by atoms with Crippen molar-refractivity contribution in [3.8, 4) is 0 Å². The van der Waals surface area contributed by atoms with Gasteiger partial charge in [0.1, 0.15) is 6.04 Å². The van der Waals surface area contributed by atoms with Crippen LogP contribution in [0, 0.1) is 0 Å².